The van der Waals surface area contributed by atoms with Gasteiger partial charge in [-0.05, 0) is 105 Å². The van der Waals surface area contributed by atoms with Crippen molar-refractivity contribution in [3.8, 4) is 22.8 Å². The first-order chi connectivity index (χ1) is 39.5. The van der Waals surface area contributed by atoms with Crippen LogP contribution in [0.5, 0.6) is 0 Å². The van der Waals surface area contributed by atoms with Gasteiger partial charge in [-0.25, -0.2) is 37.5 Å². The number of morpholine rings is 2. The minimum atomic E-state index is -0.688. The Kier molecular flexibility index (Phi) is 18.8. The summed E-state index contributed by atoms with van der Waals surface area (Å²) in [5, 5.41) is 10.6. The van der Waals surface area contributed by atoms with Gasteiger partial charge in [0.05, 0.1) is 118 Å². The van der Waals surface area contributed by atoms with Crippen LogP contribution in [-0.4, -0.2) is 135 Å². The minimum absolute atomic E-state index is 0.206. The lowest BCUT2D eigenvalue weighted by Crippen LogP contribution is -2.38. The zero-order valence-electron chi connectivity index (χ0n) is 45.8. The molecule has 424 valence electrons. The van der Waals surface area contributed by atoms with Gasteiger partial charge in [-0.3, -0.25) is 9.97 Å². The average Bonchev–Trinajstić information content (AvgIpc) is 3.69. The van der Waals surface area contributed by atoms with Crippen LogP contribution < -0.4 is 30.7 Å². The van der Waals surface area contributed by atoms with Gasteiger partial charge >= 0.3 is 0 Å². The van der Waals surface area contributed by atoms with Gasteiger partial charge < -0.3 is 49.6 Å². The molecule has 0 bridgehead atoms. The molecule has 6 aromatic heterocycles. The topological polar surface area (TPSA) is 160 Å². The molecule has 0 spiro atoms. The van der Waals surface area contributed by atoms with Crippen molar-refractivity contribution >= 4 is 77.8 Å². The second-order valence-electron chi connectivity index (χ2n) is 20.1. The van der Waals surface area contributed by atoms with Gasteiger partial charge in [0.25, 0.3) is 0 Å². The Morgan fingerprint density at radius 3 is 1.49 bits per heavy atom. The second-order valence-corrected chi connectivity index (χ2v) is 21.0. The lowest BCUT2D eigenvalue weighted by Gasteiger charge is -2.34. The van der Waals surface area contributed by atoms with E-state index in [1.807, 2.05) is 56.4 Å². The van der Waals surface area contributed by atoms with Gasteiger partial charge in [-0.1, -0.05) is 12.1 Å². The third kappa shape index (κ3) is 13.5. The first-order valence-corrected chi connectivity index (χ1v) is 28.0. The lowest BCUT2D eigenvalue weighted by molar-refractivity contribution is 0.0765. The summed E-state index contributed by atoms with van der Waals surface area (Å²) in [5.41, 5.74) is 7.56. The van der Waals surface area contributed by atoms with Crippen LogP contribution in [0.1, 0.15) is 36.8 Å². The third-order valence-electron chi connectivity index (χ3n) is 14.9. The van der Waals surface area contributed by atoms with E-state index < -0.39 is 23.3 Å². The van der Waals surface area contributed by atoms with Crippen LogP contribution in [0.2, 0.25) is 0 Å². The van der Waals surface area contributed by atoms with E-state index in [1.165, 1.54) is 25.0 Å². The number of halogens is 5. The van der Waals surface area contributed by atoms with Gasteiger partial charge in [0.1, 0.15) is 23.3 Å². The number of nitrogens with one attached hydrogen (secondary N) is 3. The van der Waals surface area contributed by atoms with Crippen molar-refractivity contribution in [2.45, 2.75) is 51.7 Å². The molecule has 2 aromatic carbocycles. The highest BCUT2D eigenvalue weighted by Gasteiger charge is 2.26. The smallest absolute Gasteiger partial charge is 0.152 e. The number of methoxy groups -OCH3 is 2. The maximum Gasteiger partial charge on any atom is 0.152 e. The van der Waals surface area contributed by atoms with Crippen molar-refractivity contribution in [2.24, 2.45) is 0 Å². The number of ether oxygens (including phenoxy) is 4. The standard InChI is InChI=1S/C30H32F2N6O2.C24H20BrF2N5O.C6H13NO/c1-19-28(24-5-3-4-8-33-24)35-25-16-20(31)15-23(32)27(25)29(19)36-26-17-21(37-9-6-22(39-2)7-10-37)18-34-30(26)38-11-13-40-14-12-38;1-14-22(18-4-2-3-5-28-18)30-19-12-16(26)11-17(27)21(19)23(14)31-20-10-15(25)13-29-24(20)32-6-8-33-9-7-32;1-8-6-2-4-7-5-3-6/h3-5,8,15-18,22H,6-7,9-14H2,1-2H3,(H,35,36);2-5,10-13H,6-9H2,1H3,(H,30,31);6-7H,2-5H2,1H3. The number of anilines is 7. The monoisotopic (exact) mass is 1170 g/mol. The number of rotatable bonds is 11. The molecular formula is C60H65BrF4N12O4. The Bertz CT molecular complexity index is 3440. The summed E-state index contributed by atoms with van der Waals surface area (Å²) in [6.07, 6.45) is 12.0. The summed E-state index contributed by atoms with van der Waals surface area (Å²) >= 11 is 3.49. The highest BCUT2D eigenvalue weighted by atomic mass is 79.9. The Labute approximate surface area is 476 Å². The van der Waals surface area contributed by atoms with Crippen molar-refractivity contribution < 1.29 is 36.5 Å². The highest BCUT2D eigenvalue weighted by Crippen LogP contribution is 2.42. The molecule has 0 amide bonds. The van der Waals surface area contributed by atoms with Crippen molar-refractivity contribution in [2.75, 3.05) is 118 Å². The molecule has 4 fully saturated rings. The fourth-order valence-corrected chi connectivity index (χ4v) is 10.9. The van der Waals surface area contributed by atoms with E-state index in [0.29, 0.717) is 110 Å². The number of pyridine rings is 6. The van der Waals surface area contributed by atoms with E-state index in [4.69, 9.17) is 23.9 Å². The van der Waals surface area contributed by atoms with E-state index in [-0.39, 0.29) is 27.9 Å². The largest absolute Gasteiger partial charge is 0.381 e. The zero-order valence-corrected chi connectivity index (χ0v) is 47.3. The molecule has 8 aromatic rings. The predicted molar refractivity (Wildman–Crippen MR) is 313 cm³/mol. The SMILES string of the molecule is COC1CCN(c2cnc(N3CCOCC3)c(Nc3c(C)c(-c4ccccn4)nc4cc(F)cc(F)c34)c2)CC1.COC1CCNCC1.Cc1c(-c2ccccn2)nc2cc(F)cc(F)c2c1Nc1cc(Br)cnc1N1CCOCC1. The molecule has 0 aliphatic carbocycles. The van der Waals surface area contributed by atoms with Crippen LogP contribution in [0.25, 0.3) is 44.6 Å². The third-order valence-corrected chi connectivity index (χ3v) is 15.3. The van der Waals surface area contributed by atoms with Crippen LogP contribution in [0.15, 0.2) is 102 Å². The van der Waals surface area contributed by atoms with E-state index in [1.54, 1.807) is 38.9 Å². The first-order valence-electron chi connectivity index (χ1n) is 27.2. The van der Waals surface area contributed by atoms with Crippen LogP contribution >= 0.6 is 15.9 Å². The average molecular weight is 1170 g/mol. The summed E-state index contributed by atoms with van der Waals surface area (Å²) < 4.78 is 81.5. The van der Waals surface area contributed by atoms with Crippen LogP contribution in [-0.2, 0) is 18.9 Å². The molecule has 0 unspecified atom stereocenters. The Morgan fingerprint density at radius 1 is 0.568 bits per heavy atom. The molecule has 0 radical (unpaired) electrons. The Morgan fingerprint density at radius 2 is 1.04 bits per heavy atom. The molecule has 21 heteroatoms. The van der Waals surface area contributed by atoms with Gasteiger partial charge in [0.2, 0.25) is 0 Å². The van der Waals surface area contributed by atoms with Gasteiger partial charge in [0.15, 0.2) is 11.6 Å². The molecule has 4 saturated heterocycles. The predicted octanol–water partition coefficient (Wildman–Crippen LogP) is 11.5. The minimum Gasteiger partial charge on any atom is -0.381 e. The number of hydrogen-bond donors (Lipinski definition) is 3. The van der Waals surface area contributed by atoms with E-state index in [0.717, 1.165) is 78.6 Å². The normalized spacial score (nSPS) is 16.2. The summed E-state index contributed by atoms with van der Waals surface area (Å²) in [6.45, 7) is 12.8. The van der Waals surface area contributed by atoms with E-state index in [2.05, 4.69) is 77.6 Å². The molecule has 4 aliphatic heterocycles. The van der Waals surface area contributed by atoms with Gasteiger partial charge in [-0.2, -0.15) is 0 Å². The van der Waals surface area contributed by atoms with Crippen LogP contribution in [0.4, 0.5) is 57.6 Å². The molecule has 10 heterocycles. The van der Waals surface area contributed by atoms with Crippen LogP contribution in [0, 0.1) is 37.1 Å². The van der Waals surface area contributed by atoms with Crippen molar-refractivity contribution in [3.63, 3.8) is 0 Å². The molecule has 3 N–H and O–H groups in total. The highest BCUT2D eigenvalue weighted by molar-refractivity contribution is 9.10. The van der Waals surface area contributed by atoms with Crippen molar-refractivity contribution in [1.82, 2.24) is 35.2 Å². The number of benzene rings is 2. The Balaban J connectivity index is 0.000000162. The molecular weight excluding hydrogens is 1110 g/mol. The number of hydrogen-bond acceptors (Lipinski definition) is 16. The lowest BCUT2D eigenvalue weighted by atomic mass is 10.0. The number of piperidine rings is 2. The van der Waals surface area contributed by atoms with Gasteiger partial charge in [0, 0.05) is 112 Å². The van der Waals surface area contributed by atoms with Crippen molar-refractivity contribution in [1.29, 1.82) is 0 Å². The molecule has 81 heavy (non-hydrogen) atoms. The molecule has 16 nitrogen and oxygen atoms in total. The zero-order chi connectivity index (χ0) is 56.4. The fourth-order valence-electron chi connectivity index (χ4n) is 10.6. The maximum absolute atomic E-state index is 15.4. The summed E-state index contributed by atoms with van der Waals surface area (Å²) in [5.74, 6) is -1.26. The first kappa shape index (κ1) is 57.1. The van der Waals surface area contributed by atoms with Crippen LogP contribution in [0.3, 0.4) is 0 Å². The maximum atomic E-state index is 15.4. The van der Waals surface area contributed by atoms with E-state index >= 15 is 8.78 Å². The van der Waals surface area contributed by atoms with Gasteiger partial charge in [-0.15, -0.1) is 0 Å². The number of aromatic nitrogens is 6. The molecule has 4 aliphatic rings. The molecule has 12 rings (SSSR count). The quantitative estimate of drug-likeness (QED) is 0.105. The summed E-state index contributed by atoms with van der Waals surface area (Å²) in [6, 6.07) is 19.2. The molecule has 0 saturated carbocycles. The summed E-state index contributed by atoms with van der Waals surface area (Å²) in [7, 11) is 3.54. The number of fused-ring (bicyclic) bond motifs is 2. The fraction of sp³-hybridized carbons (Fsp3) is 0.367. The van der Waals surface area contributed by atoms with E-state index in [9.17, 15) is 8.78 Å². The molecule has 0 atom stereocenters. The second kappa shape index (κ2) is 26.6. The number of nitrogens with zero attached hydrogens (tertiary/aromatic N) is 9. The van der Waals surface area contributed by atoms with Crippen molar-refractivity contribution in [3.05, 3.63) is 136 Å². The summed E-state index contributed by atoms with van der Waals surface area (Å²) in [4.78, 5) is 34.1. The Hall–Kier alpha value is -7.14.